The first-order chi connectivity index (χ1) is 17.3. The van der Waals surface area contributed by atoms with E-state index in [0.717, 1.165) is 6.07 Å². The molecule has 36 heavy (non-hydrogen) atoms. The minimum absolute atomic E-state index is 0.0238. The number of rotatable bonds is 8. The van der Waals surface area contributed by atoms with Crippen LogP contribution in [0.1, 0.15) is 25.3 Å². The Labute approximate surface area is 212 Å². The van der Waals surface area contributed by atoms with E-state index in [2.05, 4.69) is 37.1 Å². The minimum atomic E-state index is -0.971. The van der Waals surface area contributed by atoms with E-state index < -0.39 is 16.4 Å². The van der Waals surface area contributed by atoms with Crippen LogP contribution in [0.4, 0.5) is 20.3 Å². The maximum Gasteiger partial charge on any atom is 0.233 e. The van der Waals surface area contributed by atoms with E-state index in [9.17, 15) is 4.39 Å². The summed E-state index contributed by atoms with van der Waals surface area (Å²) in [6.45, 7) is 4.19. The van der Waals surface area contributed by atoms with Crippen LogP contribution in [0.2, 0.25) is 0 Å². The number of anilines is 2. The molecule has 1 aliphatic rings. The molecule has 2 heterocycles. The lowest BCUT2D eigenvalue weighted by Crippen LogP contribution is -2.22. The molecule has 4 rings (SSSR count). The second kappa shape index (κ2) is 10.6. The Morgan fingerprint density at radius 1 is 1.33 bits per heavy atom. The van der Waals surface area contributed by atoms with Crippen molar-refractivity contribution in [2.45, 2.75) is 24.5 Å². The highest BCUT2D eigenvalue weighted by Gasteiger charge is 2.64. The average molecular weight is 513 g/mol. The molecule has 1 fully saturated rings. The molecule has 1 saturated carbocycles. The minimum Gasteiger partial charge on any atom is -0.463 e. The predicted molar refractivity (Wildman–Crippen MR) is 138 cm³/mol. The van der Waals surface area contributed by atoms with E-state index in [4.69, 9.17) is 15.2 Å². The lowest BCUT2D eigenvalue weighted by atomic mass is 10.1. The largest absolute Gasteiger partial charge is 0.463 e. The Morgan fingerprint density at radius 3 is 2.86 bits per heavy atom. The molecule has 188 valence electrons. The Balaban J connectivity index is 1.66. The second-order valence-corrected chi connectivity index (χ2v) is 9.64. The molecule has 1 aromatic carbocycles. The topological polar surface area (TPSA) is 108 Å². The van der Waals surface area contributed by atoms with Crippen molar-refractivity contribution in [3.8, 4) is 17.7 Å². The summed E-state index contributed by atoms with van der Waals surface area (Å²) < 4.78 is 40.1. The number of thioether (sulfide) groups is 1. The van der Waals surface area contributed by atoms with E-state index >= 15 is 4.39 Å². The van der Waals surface area contributed by atoms with Gasteiger partial charge in [0.05, 0.1) is 23.1 Å². The van der Waals surface area contributed by atoms with Gasteiger partial charge in [-0.05, 0) is 30.5 Å². The molecule has 3 aromatic rings. The van der Waals surface area contributed by atoms with Gasteiger partial charge < -0.3 is 20.5 Å². The van der Waals surface area contributed by atoms with Crippen molar-refractivity contribution >= 4 is 39.5 Å². The first kappa shape index (κ1) is 25.6. The predicted octanol–water partition coefficient (Wildman–Crippen LogP) is 4.24. The van der Waals surface area contributed by atoms with Crippen molar-refractivity contribution < 1.29 is 18.3 Å². The summed E-state index contributed by atoms with van der Waals surface area (Å²) in [6.07, 6.45) is 3.01. The zero-order chi connectivity index (χ0) is 25.9. The Bertz CT molecular complexity index is 1380. The summed E-state index contributed by atoms with van der Waals surface area (Å²) in [4.78, 5) is 17.1. The number of aliphatic imine (C=N–C) groups is 1. The van der Waals surface area contributed by atoms with E-state index in [1.807, 2.05) is 6.92 Å². The SMILES string of the molecule is CC#CCOc1cnc2c(Nc3cc(F)c(F)c(C4C(C)[C@]4(COC)SC(N)=NC)c3)nccc2n1. The zero-order valence-electron chi connectivity index (χ0n) is 20.3. The van der Waals surface area contributed by atoms with Gasteiger partial charge in [0.2, 0.25) is 5.88 Å². The highest BCUT2D eigenvalue weighted by molar-refractivity contribution is 8.15. The van der Waals surface area contributed by atoms with Gasteiger partial charge in [-0.2, -0.15) is 0 Å². The number of aromatic nitrogens is 3. The molecule has 2 unspecified atom stereocenters. The molecule has 0 bridgehead atoms. The van der Waals surface area contributed by atoms with Gasteiger partial charge in [0, 0.05) is 38.0 Å². The van der Waals surface area contributed by atoms with Gasteiger partial charge in [-0.15, -0.1) is 5.92 Å². The number of nitrogens with two attached hydrogens (primary N) is 1. The molecule has 0 amide bonds. The molecule has 3 N–H and O–H groups in total. The van der Waals surface area contributed by atoms with Crippen molar-refractivity contribution in [1.82, 2.24) is 15.0 Å². The highest BCUT2D eigenvalue weighted by Crippen LogP contribution is 2.66. The Kier molecular flexibility index (Phi) is 7.56. The molecule has 0 spiro atoms. The molecule has 11 heteroatoms. The number of nitrogens with one attached hydrogen (secondary N) is 1. The number of pyridine rings is 1. The van der Waals surface area contributed by atoms with Gasteiger partial charge in [-0.3, -0.25) is 4.99 Å². The number of hydrogen-bond donors (Lipinski definition) is 2. The molecule has 2 aromatic heterocycles. The fourth-order valence-corrected chi connectivity index (χ4v) is 5.69. The maximum atomic E-state index is 15.0. The van der Waals surface area contributed by atoms with Gasteiger partial charge in [0.25, 0.3) is 0 Å². The van der Waals surface area contributed by atoms with Crippen molar-refractivity contribution in [1.29, 1.82) is 0 Å². The monoisotopic (exact) mass is 512 g/mol. The summed E-state index contributed by atoms with van der Waals surface area (Å²) in [5.74, 6) is 3.99. The zero-order valence-corrected chi connectivity index (χ0v) is 21.1. The third kappa shape index (κ3) is 4.92. The first-order valence-electron chi connectivity index (χ1n) is 11.1. The van der Waals surface area contributed by atoms with Gasteiger partial charge >= 0.3 is 0 Å². The quantitative estimate of drug-likeness (QED) is 0.262. The second-order valence-electron chi connectivity index (χ2n) is 8.26. The third-order valence-electron chi connectivity index (χ3n) is 6.13. The molecule has 8 nitrogen and oxygen atoms in total. The van der Waals surface area contributed by atoms with Crippen molar-refractivity contribution in [2.75, 3.05) is 32.7 Å². The van der Waals surface area contributed by atoms with E-state index in [1.165, 1.54) is 18.0 Å². The molecular weight excluding hydrogens is 486 g/mol. The normalized spacial score (nSPS) is 21.1. The Hall–Kier alpha value is -3.49. The third-order valence-corrected chi connectivity index (χ3v) is 7.65. The number of benzene rings is 1. The average Bonchev–Trinajstić information content (AvgIpc) is 3.42. The van der Waals surface area contributed by atoms with Crippen LogP contribution in [0.3, 0.4) is 0 Å². The fraction of sp³-hybridized carbons (Fsp3) is 0.360. The van der Waals surface area contributed by atoms with E-state index in [-0.39, 0.29) is 24.0 Å². The number of amidine groups is 1. The number of halogens is 2. The molecule has 1 aliphatic carbocycles. The molecule has 3 atom stereocenters. The number of fused-ring (bicyclic) bond motifs is 1. The van der Waals surface area contributed by atoms with E-state index in [0.29, 0.717) is 40.2 Å². The maximum absolute atomic E-state index is 15.0. The van der Waals surface area contributed by atoms with Crippen LogP contribution in [0, 0.1) is 29.4 Å². The van der Waals surface area contributed by atoms with Crippen molar-refractivity contribution in [2.24, 2.45) is 16.6 Å². The smallest absolute Gasteiger partial charge is 0.233 e. The number of nitrogens with zero attached hydrogens (tertiary/aromatic N) is 4. The van der Waals surface area contributed by atoms with Crippen LogP contribution in [-0.2, 0) is 4.74 Å². The van der Waals surface area contributed by atoms with Crippen LogP contribution >= 0.6 is 11.8 Å². The molecule has 0 saturated heterocycles. The Morgan fingerprint density at radius 2 is 2.14 bits per heavy atom. The van der Waals surface area contributed by atoms with Crippen LogP contribution in [0.25, 0.3) is 11.0 Å². The van der Waals surface area contributed by atoms with Crippen LogP contribution in [0.5, 0.6) is 5.88 Å². The summed E-state index contributed by atoms with van der Waals surface area (Å²) in [5, 5.41) is 3.43. The van der Waals surface area contributed by atoms with Crippen LogP contribution < -0.4 is 15.8 Å². The van der Waals surface area contributed by atoms with Gasteiger partial charge in [-0.25, -0.2) is 23.7 Å². The summed E-state index contributed by atoms with van der Waals surface area (Å²) in [5.41, 5.74) is 7.51. The standard InChI is InChI=1S/C25H26F2N6O2S/c1-5-6-9-35-19-12-31-22-18(33-19)7-8-30-23(22)32-15-10-16(21(27)17(26)11-15)20-14(2)25(20,13-34-4)36-24(28)29-3/h7-8,10-12,14,20H,9,13H2,1-4H3,(H2,28,29)(H,30,32)/t14?,20?,25-/m0/s1. The van der Waals surface area contributed by atoms with Crippen LogP contribution in [0.15, 0.2) is 35.6 Å². The summed E-state index contributed by atoms with van der Waals surface area (Å²) in [7, 11) is 3.16. The fourth-order valence-electron chi connectivity index (χ4n) is 4.32. The molecule has 0 aliphatic heterocycles. The van der Waals surface area contributed by atoms with Crippen molar-refractivity contribution in [3.05, 3.63) is 47.8 Å². The molecular formula is C25H26F2N6O2S. The number of methoxy groups -OCH3 is 1. The summed E-state index contributed by atoms with van der Waals surface area (Å²) in [6, 6.07) is 4.36. The van der Waals surface area contributed by atoms with Gasteiger partial charge in [0.15, 0.2) is 29.2 Å². The molecule has 0 radical (unpaired) electrons. The van der Waals surface area contributed by atoms with Crippen molar-refractivity contribution in [3.63, 3.8) is 0 Å². The first-order valence-corrected chi connectivity index (χ1v) is 12.0. The number of hydrogen-bond acceptors (Lipinski definition) is 8. The van der Waals surface area contributed by atoms with Crippen LogP contribution in [-0.4, -0.2) is 52.2 Å². The number of ether oxygens (including phenoxy) is 2. The van der Waals surface area contributed by atoms with E-state index in [1.54, 1.807) is 39.4 Å². The van der Waals surface area contributed by atoms with Gasteiger partial charge in [0.1, 0.15) is 5.52 Å². The summed E-state index contributed by atoms with van der Waals surface area (Å²) >= 11 is 1.33. The highest BCUT2D eigenvalue weighted by atomic mass is 32.2. The van der Waals surface area contributed by atoms with Gasteiger partial charge in [-0.1, -0.05) is 24.6 Å². The lowest BCUT2D eigenvalue weighted by Gasteiger charge is -2.17. The lowest BCUT2D eigenvalue weighted by molar-refractivity contribution is 0.190.